The van der Waals surface area contributed by atoms with Gasteiger partial charge in [-0.2, -0.15) is 0 Å². The fraction of sp³-hybridized carbons (Fsp3) is 0.850. The SMILES string of the molecule is C=CC(=O)[N+](C)(C)C(C)CCCCCCCCCCCCC. The summed E-state index contributed by atoms with van der Waals surface area (Å²) in [5, 5.41) is 0. The number of hydrogen-bond donors (Lipinski definition) is 0. The number of nitrogens with zero attached hydrogens (tertiary/aromatic N) is 1. The lowest BCUT2D eigenvalue weighted by molar-refractivity contribution is -0.836. The van der Waals surface area contributed by atoms with Gasteiger partial charge in [0.1, 0.15) is 0 Å². The summed E-state index contributed by atoms with van der Waals surface area (Å²) < 4.78 is 0.432. The Bertz CT molecular complexity index is 296. The fourth-order valence-corrected chi connectivity index (χ4v) is 2.88. The predicted molar refractivity (Wildman–Crippen MR) is 97.9 cm³/mol. The molecule has 0 spiro atoms. The lowest BCUT2D eigenvalue weighted by Crippen LogP contribution is -2.51. The smallest absolute Gasteiger partial charge is 0.259 e. The molecule has 22 heavy (non-hydrogen) atoms. The van der Waals surface area contributed by atoms with Gasteiger partial charge in [0.25, 0.3) is 0 Å². The molecule has 1 amide bonds. The summed E-state index contributed by atoms with van der Waals surface area (Å²) in [6.07, 6.45) is 17.7. The third kappa shape index (κ3) is 9.40. The highest BCUT2D eigenvalue weighted by atomic mass is 16.2. The summed E-state index contributed by atoms with van der Waals surface area (Å²) in [4.78, 5) is 11.8. The lowest BCUT2D eigenvalue weighted by atomic mass is 10.0. The summed E-state index contributed by atoms with van der Waals surface area (Å²) in [5.74, 6) is 0.121. The molecule has 0 aromatic carbocycles. The van der Waals surface area contributed by atoms with Gasteiger partial charge < -0.3 is 0 Å². The molecule has 1 atom stereocenters. The van der Waals surface area contributed by atoms with Gasteiger partial charge in [0.2, 0.25) is 0 Å². The first-order chi connectivity index (χ1) is 10.5. The third-order valence-corrected chi connectivity index (χ3v) is 5.07. The van der Waals surface area contributed by atoms with Crippen LogP contribution < -0.4 is 0 Å². The zero-order chi connectivity index (χ0) is 16.8. The van der Waals surface area contributed by atoms with E-state index in [-0.39, 0.29) is 5.91 Å². The van der Waals surface area contributed by atoms with Crippen LogP contribution in [0.25, 0.3) is 0 Å². The molecule has 0 aliphatic heterocycles. The minimum Gasteiger partial charge on any atom is -0.259 e. The van der Waals surface area contributed by atoms with Gasteiger partial charge in [0.05, 0.1) is 20.1 Å². The summed E-state index contributed by atoms with van der Waals surface area (Å²) >= 11 is 0. The number of carbonyl (C=O) groups excluding carboxylic acids is 1. The third-order valence-electron chi connectivity index (χ3n) is 5.07. The van der Waals surface area contributed by atoms with Crippen molar-refractivity contribution < 1.29 is 9.28 Å². The van der Waals surface area contributed by atoms with Gasteiger partial charge in [-0.15, -0.1) is 0 Å². The van der Waals surface area contributed by atoms with E-state index in [1.807, 2.05) is 14.1 Å². The second-order valence-electron chi connectivity index (χ2n) is 7.26. The monoisotopic (exact) mass is 310 g/mol. The number of unbranched alkanes of at least 4 members (excludes halogenated alkanes) is 10. The van der Waals surface area contributed by atoms with Crippen molar-refractivity contribution in [2.24, 2.45) is 0 Å². The van der Waals surface area contributed by atoms with Crippen molar-refractivity contribution in [1.29, 1.82) is 0 Å². The first-order valence-corrected chi connectivity index (χ1v) is 9.47. The first kappa shape index (κ1) is 21.4. The van der Waals surface area contributed by atoms with Crippen molar-refractivity contribution in [3.05, 3.63) is 12.7 Å². The van der Waals surface area contributed by atoms with E-state index in [9.17, 15) is 4.79 Å². The van der Waals surface area contributed by atoms with Crippen molar-refractivity contribution in [2.75, 3.05) is 14.1 Å². The minimum absolute atomic E-state index is 0.121. The number of likely N-dealkylation sites (N-methyl/N-ethyl adjacent to an activating group) is 1. The second-order valence-corrected chi connectivity index (χ2v) is 7.26. The molecular weight excluding hydrogens is 270 g/mol. The van der Waals surface area contributed by atoms with Crippen molar-refractivity contribution in [2.45, 2.75) is 96.9 Å². The zero-order valence-electron chi connectivity index (χ0n) is 15.7. The molecule has 0 radical (unpaired) electrons. The largest absolute Gasteiger partial charge is 0.337 e. The van der Waals surface area contributed by atoms with Crippen molar-refractivity contribution >= 4 is 5.91 Å². The molecule has 130 valence electrons. The Labute approximate surface area is 139 Å². The van der Waals surface area contributed by atoms with Crippen LogP contribution in [0, 0.1) is 0 Å². The van der Waals surface area contributed by atoms with E-state index in [4.69, 9.17) is 0 Å². The van der Waals surface area contributed by atoms with Crippen LogP contribution in [-0.2, 0) is 4.79 Å². The van der Waals surface area contributed by atoms with Gasteiger partial charge in [0.15, 0.2) is 0 Å². The summed E-state index contributed by atoms with van der Waals surface area (Å²) in [6, 6.07) is 0.379. The van der Waals surface area contributed by atoms with E-state index in [2.05, 4.69) is 20.4 Å². The molecule has 1 unspecified atom stereocenters. The van der Waals surface area contributed by atoms with Crippen molar-refractivity contribution in [3.63, 3.8) is 0 Å². The Kier molecular flexibility index (Phi) is 12.5. The molecule has 0 fully saturated rings. The Morgan fingerprint density at radius 1 is 0.909 bits per heavy atom. The number of hydrogen-bond acceptors (Lipinski definition) is 1. The van der Waals surface area contributed by atoms with Crippen molar-refractivity contribution in [3.8, 4) is 0 Å². The molecule has 0 N–H and O–H groups in total. The molecule has 0 saturated heterocycles. The molecule has 0 saturated carbocycles. The maximum absolute atomic E-state index is 11.8. The Morgan fingerprint density at radius 2 is 1.32 bits per heavy atom. The Morgan fingerprint density at radius 3 is 1.73 bits per heavy atom. The van der Waals surface area contributed by atoms with E-state index < -0.39 is 0 Å². The van der Waals surface area contributed by atoms with E-state index in [0.29, 0.717) is 10.5 Å². The van der Waals surface area contributed by atoms with Crippen LogP contribution in [0.3, 0.4) is 0 Å². The average molecular weight is 311 g/mol. The molecule has 0 aromatic rings. The van der Waals surface area contributed by atoms with Crippen LogP contribution in [0.1, 0.15) is 90.9 Å². The quantitative estimate of drug-likeness (QED) is 0.223. The first-order valence-electron chi connectivity index (χ1n) is 9.47. The van der Waals surface area contributed by atoms with Crippen LogP contribution in [0.4, 0.5) is 0 Å². The highest BCUT2D eigenvalue weighted by Crippen LogP contribution is 2.17. The van der Waals surface area contributed by atoms with E-state index in [1.165, 1.54) is 76.7 Å². The molecule has 0 heterocycles. The number of rotatable bonds is 14. The van der Waals surface area contributed by atoms with Crippen LogP contribution >= 0.6 is 0 Å². The zero-order valence-corrected chi connectivity index (χ0v) is 15.7. The summed E-state index contributed by atoms with van der Waals surface area (Å²) in [7, 11) is 3.99. The van der Waals surface area contributed by atoms with Gasteiger partial charge in [-0.3, -0.25) is 4.48 Å². The standard InChI is InChI=1S/C20H40NO/c1-6-8-9-10-11-12-13-14-15-16-17-18-19(3)21(4,5)20(22)7-2/h7,19H,2,6,8-18H2,1,3-5H3/q+1. The topological polar surface area (TPSA) is 17.1 Å². The molecular formula is C20H40NO+. The van der Waals surface area contributed by atoms with Crippen LogP contribution in [0.2, 0.25) is 0 Å². The highest BCUT2D eigenvalue weighted by Gasteiger charge is 2.29. The van der Waals surface area contributed by atoms with Gasteiger partial charge in [-0.1, -0.05) is 77.7 Å². The Balaban J connectivity index is 3.50. The second kappa shape index (κ2) is 12.9. The highest BCUT2D eigenvalue weighted by molar-refractivity contribution is 5.80. The molecule has 0 bridgehead atoms. The number of quaternary nitrogens is 1. The number of carbonyl (C=O) groups is 1. The summed E-state index contributed by atoms with van der Waals surface area (Å²) in [5.41, 5.74) is 0. The predicted octanol–water partition coefficient (Wildman–Crippen LogP) is 5.87. The lowest BCUT2D eigenvalue weighted by Gasteiger charge is -2.32. The van der Waals surface area contributed by atoms with Crippen LogP contribution in [-0.4, -0.2) is 30.5 Å². The maximum Gasteiger partial charge on any atom is 0.337 e. The van der Waals surface area contributed by atoms with E-state index in [1.54, 1.807) is 0 Å². The fourth-order valence-electron chi connectivity index (χ4n) is 2.88. The van der Waals surface area contributed by atoms with Gasteiger partial charge in [-0.25, -0.2) is 4.79 Å². The van der Waals surface area contributed by atoms with E-state index >= 15 is 0 Å². The molecule has 0 aliphatic rings. The number of amides is 1. The average Bonchev–Trinajstić information content (AvgIpc) is 2.51. The van der Waals surface area contributed by atoms with Gasteiger partial charge in [-0.05, 0) is 19.8 Å². The summed E-state index contributed by atoms with van der Waals surface area (Å²) in [6.45, 7) is 8.06. The Hall–Kier alpha value is -0.630. The maximum atomic E-state index is 11.8. The molecule has 2 nitrogen and oxygen atoms in total. The molecule has 0 aromatic heterocycles. The van der Waals surface area contributed by atoms with E-state index in [0.717, 1.165) is 6.42 Å². The van der Waals surface area contributed by atoms with Crippen molar-refractivity contribution in [1.82, 2.24) is 0 Å². The molecule has 2 heteroatoms. The normalized spacial score (nSPS) is 13.1. The minimum atomic E-state index is 0.121. The van der Waals surface area contributed by atoms with Gasteiger partial charge >= 0.3 is 5.91 Å². The van der Waals surface area contributed by atoms with Crippen LogP contribution in [0.5, 0.6) is 0 Å². The molecule has 0 rings (SSSR count). The van der Waals surface area contributed by atoms with Crippen LogP contribution in [0.15, 0.2) is 12.7 Å². The molecule has 0 aliphatic carbocycles. The van der Waals surface area contributed by atoms with Gasteiger partial charge in [0, 0.05) is 6.08 Å².